The van der Waals surface area contributed by atoms with E-state index in [0.717, 1.165) is 6.07 Å². The topological polar surface area (TPSA) is 72.3 Å². The van der Waals surface area contributed by atoms with E-state index >= 15 is 0 Å². The third-order valence-corrected chi connectivity index (χ3v) is 2.82. The minimum atomic E-state index is -4.63. The fraction of sp³-hybridized carbons (Fsp3) is 0.100. The summed E-state index contributed by atoms with van der Waals surface area (Å²) >= 11 is 2.94. The fourth-order valence-electron chi connectivity index (χ4n) is 1.42. The Morgan fingerprint density at radius 1 is 1.28 bits per heavy atom. The Labute approximate surface area is 107 Å². The number of phenolic OH excluding ortho intramolecular Hbond substituents is 1. The van der Waals surface area contributed by atoms with Crippen LogP contribution >= 0.6 is 15.9 Å². The van der Waals surface area contributed by atoms with Crippen molar-refractivity contribution < 1.29 is 22.8 Å². The number of nitrogens with two attached hydrogens (primary N) is 1. The first-order valence-electron chi connectivity index (χ1n) is 4.61. The van der Waals surface area contributed by atoms with E-state index in [9.17, 15) is 18.3 Å². The van der Waals surface area contributed by atoms with Crippen LogP contribution < -0.4 is 5.73 Å². The molecule has 0 amide bonds. The number of rotatable bonds is 1. The van der Waals surface area contributed by atoms with Crippen LogP contribution in [0.25, 0.3) is 11.3 Å². The average molecular weight is 323 g/mol. The van der Waals surface area contributed by atoms with Gasteiger partial charge in [-0.1, -0.05) is 5.16 Å². The van der Waals surface area contributed by atoms with E-state index in [0.29, 0.717) is 6.07 Å². The highest BCUT2D eigenvalue weighted by atomic mass is 79.9. The van der Waals surface area contributed by atoms with E-state index < -0.39 is 17.5 Å². The summed E-state index contributed by atoms with van der Waals surface area (Å²) in [7, 11) is 0. The number of phenols is 1. The number of nitrogen functional groups attached to an aromatic ring is 1. The van der Waals surface area contributed by atoms with Gasteiger partial charge < -0.3 is 15.4 Å². The molecule has 3 N–H and O–H groups in total. The van der Waals surface area contributed by atoms with Gasteiger partial charge in [-0.15, -0.1) is 0 Å². The monoisotopic (exact) mass is 322 g/mol. The van der Waals surface area contributed by atoms with Gasteiger partial charge in [-0.3, -0.25) is 0 Å². The summed E-state index contributed by atoms with van der Waals surface area (Å²) in [4.78, 5) is 0. The zero-order chi connectivity index (χ0) is 13.5. The molecule has 0 unspecified atom stereocenters. The summed E-state index contributed by atoms with van der Waals surface area (Å²) in [6.45, 7) is 0. The van der Waals surface area contributed by atoms with Crippen molar-refractivity contribution in [1.82, 2.24) is 5.16 Å². The first-order valence-corrected chi connectivity index (χ1v) is 5.40. The van der Waals surface area contributed by atoms with E-state index in [1.807, 2.05) is 0 Å². The molecule has 96 valence electrons. The quantitative estimate of drug-likeness (QED) is 0.843. The lowest BCUT2D eigenvalue weighted by atomic mass is 10.0. The molecule has 0 aliphatic rings. The van der Waals surface area contributed by atoms with E-state index in [1.165, 1.54) is 6.07 Å². The van der Waals surface area contributed by atoms with Gasteiger partial charge in [0.15, 0.2) is 11.6 Å². The predicted octanol–water partition coefficient (Wildman–Crippen LogP) is 3.41. The van der Waals surface area contributed by atoms with E-state index in [1.54, 1.807) is 0 Å². The molecule has 0 saturated heterocycles. The molecule has 0 fully saturated rings. The Bertz CT molecular complexity index is 595. The number of nitrogens with zero attached hydrogens (tertiary/aromatic N) is 1. The van der Waals surface area contributed by atoms with Crippen LogP contribution in [0.15, 0.2) is 27.2 Å². The first-order chi connectivity index (χ1) is 8.29. The van der Waals surface area contributed by atoms with Crippen molar-refractivity contribution in [2.45, 2.75) is 6.18 Å². The second kappa shape index (κ2) is 4.20. The lowest BCUT2D eigenvalue weighted by molar-refractivity contribution is -0.137. The number of hydrogen-bond donors (Lipinski definition) is 2. The van der Waals surface area contributed by atoms with Crippen molar-refractivity contribution in [2.24, 2.45) is 0 Å². The molecule has 8 heteroatoms. The van der Waals surface area contributed by atoms with E-state index in [4.69, 9.17) is 10.3 Å². The van der Waals surface area contributed by atoms with Gasteiger partial charge in [0.05, 0.1) is 10.0 Å². The Hall–Kier alpha value is -1.70. The summed E-state index contributed by atoms with van der Waals surface area (Å²) in [6, 6.07) is 2.88. The standard InChI is InChI=1S/C10H6BrF3N2O2/c11-6-1-4(8-3-9(15)16-18-8)5(2-7(6)17)10(12,13)14/h1-3,17H,(H2,15,16). The molecule has 0 aliphatic heterocycles. The van der Waals surface area contributed by atoms with E-state index in [2.05, 4.69) is 21.1 Å². The van der Waals surface area contributed by atoms with Crippen LogP contribution in [0.5, 0.6) is 5.75 Å². The van der Waals surface area contributed by atoms with Gasteiger partial charge >= 0.3 is 6.18 Å². The minimum absolute atomic E-state index is 0.0256. The molecule has 2 aromatic rings. The van der Waals surface area contributed by atoms with Gasteiger partial charge in [-0.05, 0) is 28.1 Å². The summed E-state index contributed by atoms with van der Waals surface area (Å²) in [5.74, 6) is -0.665. The maximum atomic E-state index is 12.8. The van der Waals surface area contributed by atoms with Crippen molar-refractivity contribution in [1.29, 1.82) is 0 Å². The smallest absolute Gasteiger partial charge is 0.417 e. The maximum Gasteiger partial charge on any atom is 0.417 e. The number of halogens is 4. The molecule has 0 bridgehead atoms. The molecule has 0 radical (unpaired) electrons. The summed E-state index contributed by atoms with van der Waals surface area (Å²) < 4.78 is 43.3. The molecule has 1 aromatic carbocycles. The second-order valence-corrected chi connectivity index (χ2v) is 4.32. The largest absolute Gasteiger partial charge is 0.507 e. The highest BCUT2D eigenvalue weighted by molar-refractivity contribution is 9.10. The Morgan fingerprint density at radius 3 is 2.44 bits per heavy atom. The molecular formula is C10H6BrF3N2O2. The molecule has 1 aromatic heterocycles. The number of benzene rings is 1. The van der Waals surface area contributed by atoms with Crippen LogP contribution in [0, 0.1) is 0 Å². The van der Waals surface area contributed by atoms with Crippen molar-refractivity contribution in [3.63, 3.8) is 0 Å². The first kappa shape index (κ1) is 12.7. The Balaban J connectivity index is 2.69. The van der Waals surface area contributed by atoms with Gasteiger partial charge in [-0.25, -0.2) is 0 Å². The highest BCUT2D eigenvalue weighted by Gasteiger charge is 2.35. The molecule has 0 saturated carbocycles. The molecule has 0 spiro atoms. The van der Waals surface area contributed by atoms with Crippen LogP contribution in [-0.4, -0.2) is 10.3 Å². The molecule has 2 rings (SSSR count). The summed E-state index contributed by atoms with van der Waals surface area (Å²) in [5, 5.41) is 12.6. The van der Waals surface area contributed by atoms with Crippen molar-refractivity contribution in [2.75, 3.05) is 5.73 Å². The third-order valence-electron chi connectivity index (χ3n) is 2.19. The summed E-state index contributed by atoms with van der Waals surface area (Å²) in [6.07, 6.45) is -4.63. The third kappa shape index (κ3) is 2.28. The van der Waals surface area contributed by atoms with Crippen LogP contribution in [0.4, 0.5) is 19.0 Å². The average Bonchev–Trinajstić information content (AvgIpc) is 2.67. The number of hydrogen-bond acceptors (Lipinski definition) is 4. The molecule has 0 atom stereocenters. The number of aromatic hydroxyl groups is 1. The molecule has 4 nitrogen and oxygen atoms in total. The van der Waals surface area contributed by atoms with Crippen molar-refractivity contribution in [3.8, 4) is 17.1 Å². The highest BCUT2D eigenvalue weighted by Crippen LogP contribution is 2.42. The van der Waals surface area contributed by atoms with Crippen LogP contribution in [-0.2, 0) is 6.18 Å². The van der Waals surface area contributed by atoms with Gasteiger partial charge in [0.2, 0.25) is 0 Å². The second-order valence-electron chi connectivity index (χ2n) is 3.46. The van der Waals surface area contributed by atoms with Crippen molar-refractivity contribution in [3.05, 3.63) is 28.2 Å². The molecular weight excluding hydrogens is 317 g/mol. The summed E-state index contributed by atoms with van der Waals surface area (Å²) in [5.41, 5.74) is 4.01. The predicted molar refractivity (Wildman–Crippen MR) is 60.7 cm³/mol. The van der Waals surface area contributed by atoms with E-state index in [-0.39, 0.29) is 21.6 Å². The van der Waals surface area contributed by atoms with Crippen LogP contribution in [0.1, 0.15) is 5.56 Å². The van der Waals surface area contributed by atoms with Gasteiger partial charge in [0.25, 0.3) is 0 Å². The van der Waals surface area contributed by atoms with Gasteiger partial charge in [0, 0.05) is 11.6 Å². The van der Waals surface area contributed by atoms with Crippen LogP contribution in [0.3, 0.4) is 0 Å². The molecule has 18 heavy (non-hydrogen) atoms. The lowest BCUT2D eigenvalue weighted by Crippen LogP contribution is -2.07. The lowest BCUT2D eigenvalue weighted by Gasteiger charge is -2.12. The SMILES string of the molecule is Nc1cc(-c2cc(Br)c(O)cc2C(F)(F)F)on1. The Kier molecular flexibility index (Phi) is 2.97. The Morgan fingerprint density at radius 2 is 1.94 bits per heavy atom. The van der Waals surface area contributed by atoms with Crippen molar-refractivity contribution >= 4 is 21.7 Å². The zero-order valence-electron chi connectivity index (χ0n) is 8.62. The molecule has 1 heterocycles. The van der Waals surface area contributed by atoms with Gasteiger partial charge in [0.1, 0.15) is 5.75 Å². The molecule has 0 aliphatic carbocycles. The number of aromatic nitrogens is 1. The van der Waals surface area contributed by atoms with Gasteiger partial charge in [-0.2, -0.15) is 13.2 Å². The van der Waals surface area contributed by atoms with Crippen LogP contribution in [0.2, 0.25) is 0 Å². The maximum absolute atomic E-state index is 12.8. The normalized spacial score (nSPS) is 11.8. The fourth-order valence-corrected chi connectivity index (χ4v) is 1.76. The number of alkyl halides is 3. The zero-order valence-corrected chi connectivity index (χ0v) is 10.2. The number of anilines is 1. The minimum Gasteiger partial charge on any atom is -0.507 e.